The van der Waals surface area contributed by atoms with Crippen LogP contribution in [-0.4, -0.2) is 0 Å². The van der Waals surface area contributed by atoms with E-state index in [4.69, 9.17) is 0 Å². The van der Waals surface area contributed by atoms with Gasteiger partial charge in [-0.25, -0.2) is 0 Å². The molecule has 2 heterocycles. The third kappa shape index (κ3) is 2.85. The van der Waals surface area contributed by atoms with Crippen molar-refractivity contribution >= 4 is 22.7 Å². The smallest absolute Gasteiger partial charge is 0.0778 e. The zero-order chi connectivity index (χ0) is 11.2. The summed E-state index contributed by atoms with van der Waals surface area (Å²) >= 11 is 3.52. The Kier molecular flexibility index (Phi) is 3.98. The van der Waals surface area contributed by atoms with Crippen LogP contribution in [0.3, 0.4) is 0 Å². The standard InChI is InChI=1S/C14H12S2/c1-2-3-4-5-7-12-9-10-14(16-12)13-8-6-11-15-13/h3-4,6,8-11H,2H2,1H3/b4-3+. The average molecular weight is 244 g/mol. The van der Waals surface area contributed by atoms with Crippen LogP contribution >= 0.6 is 22.7 Å². The van der Waals surface area contributed by atoms with Crippen LogP contribution in [0.25, 0.3) is 9.75 Å². The second-order valence-electron chi connectivity index (χ2n) is 3.22. The van der Waals surface area contributed by atoms with Crippen molar-refractivity contribution in [1.82, 2.24) is 0 Å². The van der Waals surface area contributed by atoms with Gasteiger partial charge < -0.3 is 0 Å². The lowest BCUT2D eigenvalue weighted by Gasteiger charge is -1.86. The molecule has 0 aliphatic carbocycles. The number of hydrogen-bond acceptors (Lipinski definition) is 2. The van der Waals surface area contributed by atoms with Gasteiger partial charge in [-0.05, 0) is 36.1 Å². The fourth-order valence-corrected chi connectivity index (χ4v) is 2.95. The Labute approximate surface area is 104 Å². The molecule has 0 N–H and O–H groups in total. The summed E-state index contributed by atoms with van der Waals surface area (Å²) in [6, 6.07) is 8.45. The predicted molar refractivity (Wildman–Crippen MR) is 73.9 cm³/mol. The van der Waals surface area contributed by atoms with Crippen molar-refractivity contribution in [3.63, 3.8) is 0 Å². The van der Waals surface area contributed by atoms with E-state index in [1.165, 1.54) is 9.75 Å². The lowest BCUT2D eigenvalue weighted by Crippen LogP contribution is -1.58. The third-order valence-electron chi connectivity index (χ3n) is 2.00. The minimum absolute atomic E-state index is 1.04. The largest absolute Gasteiger partial charge is 0.143 e. The molecule has 2 aromatic rings. The Morgan fingerprint density at radius 3 is 2.94 bits per heavy atom. The first kappa shape index (κ1) is 11.2. The van der Waals surface area contributed by atoms with E-state index in [-0.39, 0.29) is 0 Å². The first-order valence-corrected chi connectivity index (χ1v) is 6.90. The fraction of sp³-hybridized carbons (Fsp3) is 0.143. The zero-order valence-electron chi connectivity index (χ0n) is 9.07. The highest BCUT2D eigenvalue weighted by Gasteiger charge is 2.01. The summed E-state index contributed by atoms with van der Waals surface area (Å²) in [6.07, 6.45) is 5.03. The second kappa shape index (κ2) is 5.69. The Morgan fingerprint density at radius 2 is 2.19 bits per heavy atom. The van der Waals surface area contributed by atoms with Gasteiger partial charge in [0.25, 0.3) is 0 Å². The molecule has 16 heavy (non-hydrogen) atoms. The van der Waals surface area contributed by atoms with Crippen LogP contribution in [0.4, 0.5) is 0 Å². The van der Waals surface area contributed by atoms with Crippen LogP contribution < -0.4 is 0 Å². The molecular formula is C14H12S2. The van der Waals surface area contributed by atoms with E-state index in [2.05, 4.69) is 54.5 Å². The van der Waals surface area contributed by atoms with Gasteiger partial charge in [-0.2, -0.15) is 0 Å². The second-order valence-corrected chi connectivity index (χ2v) is 5.25. The quantitative estimate of drug-likeness (QED) is 0.666. The maximum atomic E-state index is 3.15. The molecule has 0 aliphatic heterocycles. The Morgan fingerprint density at radius 1 is 1.25 bits per heavy atom. The van der Waals surface area contributed by atoms with Gasteiger partial charge in [0.2, 0.25) is 0 Å². The molecule has 0 amide bonds. The minimum Gasteiger partial charge on any atom is -0.143 e. The van der Waals surface area contributed by atoms with Gasteiger partial charge in [-0.3, -0.25) is 0 Å². The Balaban J connectivity index is 2.13. The van der Waals surface area contributed by atoms with E-state index < -0.39 is 0 Å². The first-order valence-electron chi connectivity index (χ1n) is 5.20. The Bertz CT molecular complexity index is 519. The summed E-state index contributed by atoms with van der Waals surface area (Å²) < 4.78 is 0. The number of thiophene rings is 2. The summed E-state index contributed by atoms with van der Waals surface area (Å²) in [6.45, 7) is 2.11. The van der Waals surface area contributed by atoms with Crippen molar-refractivity contribution in [2.45, 2.75) is 13.3 Å². The van der Waals surface area contributed by atoms with Gasteiger partial charge in [-0.15, -0.1) is 22.7 Å². The molecule has 0 fully saturated rings. The fourth-order valence-electron chi connectivity index (χ4n) is 1.25. The van der Waals surface area contributed by atoms with Crippen molar-refractivity contribution in [3.8, 4) is 21.6 Å². The van der Waals surface area contributed by atoms with Crippen molar-refractivity contribution in [2.75, 3.05) is 0 Å². The van der Waals surface area contributed by atoms with E-state index in [1.807, 2.05) is 6.08 Å². The molecule has 0 saturated carbocycles. The van der Waals surface area contributed by atoms with Gasteiger partial charge in [0.05, 0.1) is 4.88 Å². The topological polar surface area (TPSA) is 0 Å². The lowest BCUT2D eigenvalue weighted by molar-refractivity contribution is 1.23. The Hall–Kier alpha value is -1.30. The molecule has 0 saturated heterocycles. The van der Waals surface area contributed by atoms with Gasteiger partial charge in [0.1, 0.15) is 0 Å². The highest BCUT2D eigenvalue weighted by atomic mass is 32.1. The summed E-state index contributed by atoms with van der Waals surface area (Å²) in [5.41, 5.74) is 0. The predicted octanol–water partition coefficient (Wildman–Crippen LogP) is 4.79. The SMILES string of the molecule is CC/C=C/C#Cc1ccc(-c2cccs2)s1. The molecule has 80 valence electrons. The van der Waals surface area contributed by atoms with Crippen LogP contribution in [0.2, 0.25) is 0 Å². The minimum atomic E-state index is 1.04. The van der Waals surface area contributed by atoms with E-state index in [1.54, 1.807) is 22.7 Å². The molecule has 2 heteroatoms. The van der Waals surface area contributed by atoms with Crippen molar-refractivity contribution < 1.29 is 0 Å². The van der Waals surface area contributed by atoms with E-state index in [0.717, 1.165) is 11.3 Å². The summed E-state index contributed by atoms with van der Waals surface area (Å²) in [4.78, 5) is 3.75. The monoisotopic (exact) mass is 244 g/mol. The van der Waals surface area contributed by atoms with Crippen molar-refractivity contribution in [2.24, 2.45) is 0 Å². The molecule has 2 aromatic heterocycles. The van der Waals surface area contributed by atoms with Crippen LogP contribution in [-0.2, 0) is 0 Å². The molecule has 0 unspecified atom stereocenters. The van der Waals surface area contributed by atoms with Crippen LogP contribution in [0.1, 0.15) is 18.2 Å². The van der Waals surface area contributed by atoms with Crippen molar-refractivity contribution in [1.29, 1.82) is 0 Å². The highest BCUT2D eigenvalue weighted by Crippen LogP contribution is 2.30. The van der Waals surface area contributed by atoms with Crippen LogP contribution in [0, 0.1) is 11.8 Å². The van der Waals surface area contributed by atoms with Crippen LogP contribution in [0.15, 0.2) is 41.8 Å². The molecular weight excluding hydrogens is 232 g/mol. The van der Waals surface area contributed by atoms with Gasteiger partial charge >= 0.3 is 0 Å². The van der Waals surface area contributed by atoms with E-state index in [0.29, 0.717) is 0 Å². The van der Waals surface area contributed by atoms with Gasteiger partial charge in [0, 0.05) is 9.75 Å². The molecule has 0 aliphatic rings. The summed E-state index contributed by atoms with van der Waals surface area (Å²) in [5.74, 6) is 6.19. The van der Waals surface area contributed by atoms with Crippen molar-refractivity contribution in [3.05, 3.63) is 46.7 Å². The molecule has 0 radical (unpaired) electrons. The molecule has 0 nitrogen and oxygen atoms in total. The number of hydrogen-bond donors (Lipinski definition) is 0. The first-order chi connectivity index (χ1) is 7.90. The summed E-state index contributed by atoms with van der Waals surface area (Å²) in [7, 11) is 0. The van der Waals surface area contributed by atoms with E-state index >= 15 is 0 Å². The molecule has 2 rings (SSSR count). The summed E-state index contributed by atoms with van der Waals surface area (Å²) in [5, 5.41) is 2.10. The zero-order valence-corrected chi connectivity index (χ0v) is 10.7. The number of allylic oxidation sites excluding steroid dienone is 2. The highest BCUT2D eigenvalue weighted by molar-refractivity contribution is 7.21. The maximum absolute atomic E-state index is 3.15. The van der Waals surface area contributed by atoms with Gasteiger partial charge in [-0.1, -0.05) is 30.9 Å². The molecule has 0 aromatic carbocycles. The molecule has 0 atom stereocenters. The molecule has 0 spiro atoms. The maximum Gasteiger partial charge on any atom is 0.0778 e. The number of rotatable bonds is 2. The van der Waals surface area contributed by atoms with E-state index in [9.17, 15) is 0 Å². The molecule has 0 bridgehead atoms. The van der Waals surface area contributed by atoms with Gasteiger partial charge in [0.15, 0.2) is 0 Å². The normalized spacial score (nSPS) is 10.3. The lowest BCUT2D eigenvalue weighted by atomic mass is 10.3. The van der Waals surface area contributed by atoms with Crippen LogP contribution in [0.5, 0.6) is 0 Å². The third-order valence-corrected chi connectivity index (χ3v) is 4.07. The average Bonchev–Trinajstić information content (AvgIpc) is 2.94.